The lowest BCUT2D eigenvalue weighted by Gasteiger charge is -2.26. The van der Waals surface area contributed by atoms with Gasteiger partial charge in [-0.25, -0.2) is 17.1 Å². The van der Waals surface area contributed by atoms with E-state index >= 15 is 0 Å². The Balaban J connectivity index is 2.18. The number of anilines is 1. The van der Waals surface area contributed by atoms with E-state index in [4.69, 9.17) is 10.5 Å². The molecule has 1 fully saturated rings. The van der Waals surface area contributed by atoms with Crippen molar-refractivity contribution in [1.29, 1.82) is 0 Å². The van der Waals surface area contributed by atoms with Gasteiger partial charge >= 0.3 is 0 Å². The summed E-state index contributed by atoms with van der Waals surface area (Å²) in [5.41, 5.74) is 5.76. The summed E-state index contributed by atoms with van der Waals surface area (Å²) in [5, 5.41) is 0. The summed E-state index contributed by atoms with van der Waals surface area (Å²) in [6.45, 7) is 1.58. The molecule has 20 heavy (non-hydrogen) atoms. The molecule has 1 unspecified atom stereocenters. The molecule has 0 amide bonds. The number of nitrogen functional groups attached to an aromatic ring is 1. The second kappa shape index (κ2) is 6.07. The average molecular weight is 302 g/mol. The normalized spacial score (nSPS) is 20.2. The molecule has 1 saturated heterocycles. The molecular formula is C13H19FN2O3S. The lowest BCUT2D eigenvalue weighted by molar-refractivity contribution is 0.0495. The van der Waals surface area contributed by atoms with Crippen molar-refractivity contribution >= 4 is 15.7 Å². The number of rotatable bonds is 4. The van der Waals surface area contributed by atoms with Gasteiger partial charge in [-0.05, 0) is 37.0 Å². The van der Waals surface area contributed by atoms with Crippen molar-refractivity contribution in [3.8, 4) is 0 Å². The fourth-order valence-electron chi connectivity index (χ4n) is 2.30. The SMILES string of the molecule is CN(CC1CCCOC1)S(=O)(=O)c1cc(N)ccc1F. The van der Waals surface area contributed by atoms with Crippen molar-refractivity contribution in [1.82, 2.24) is 4.31 Å². The van der Waals surface area contributed by atoms with Crippen molar-refractivity contribution in [2.45, 2.75) is 17.7 Å². The second-order valence-corrected chi connectivity index (χ2v) is 7.07. The van der Waals surface area contributed by atoms with E-state index in [1.165, 1.54) is 17.4 Å². The van der Waals surface area contributed by atoms with Crippen LogP contribution in [0.5, 0.6) is 0 Å². The highest BCUT2D eigenvalue weighted by atomic mass is 32.2. The Bertz CT molecular complexity index is 571. The number of nitrogens with zero attached hydrogens (tertiary/aromatic N) is 1. The molecule has 1 aromatic carbocycles. The highest BCUT2D eigenvalue weighted by Crippen LogP contribution is 2.23. The third-order valence-corrected chi connectivity index (χ3v) is 5.25. The van der Waals surface area contributed by atoms with E-state index in [0.717, 1.165) is 31.6 Å². The Morgan fingerprint density at radius 2 is 2.25 bits per heavy atom. The number of nitrogens with two attached hydrogens (primary N) is 1. The first-order valence-corrected chi connectivity index (χ1v) is 7.94. The van der Waals surface area contributed by atoms with Crippen LogP contribution in [0, 0.1) is 11.7 Å². The van der Waals surface area contributed by atoms with Crippen LogP contribution < -0.4 is 5.73 Å². The van der Waals surface area contributed by atoms with Crippen LogP contribution in [0.4, 0.5) is 10.1 Å². The summed E-state index contributed by atoms with van der Waals surface area (Å²) in [5.74, 6) is -0.640. The lowest BCUT2D eigenvalue weighted by atomic mass is 10.0. The van der Waals surface area contributed by atoms with Crippen molar-refractivity contribution in [2.24, 2.45) is 5.92 Å². The number of hydrogen-bond donors (Lipinski definition) is 1. The van der Waals surface area contributed by atoms with E-state index in [9.17, 15) is 12.8 Å². The molecular weight excluding hydrogens is 283 g/mol. The topological polar surface area (TPSA) is 72.6 Å². The number of halogens is 1. The molecule has 0 aromatic heterocycles. The second-order valence-electron chi connectivity index (χ2n) is 5.06. The predicted molar refractivity (Wildman–Crippen MR) is 74.2 cm³/mol. The summed E-state index contributed by atoms with van der Waals surface area (Å²) >= 11 is 0. The number of ether oxygens (including phenoxy) is 1. The molecule has 0 radical (unpaired) electrons. The molecule has 0 spiro atoms. The first kappa shape index (κ1) is 15.2. The van der Waals surface area contributed by atoms with Crippen LogP contribution in [0.2, 0.25) is 0 Å². The summed E-state index contributed by atoms with van der Waals surface area (Å²) < 4.78 is 45.0. The fourth-order valence-corrected chi connectivity index (χ4v) is 3.64. The van der Waals surface area contributed by atoms with Gasteiger partial charge in [0.05, 0.1) is 6.61 Å². The van der Waals surface area contributed by atoms with E-state index in [0.29, 0.717) is 13.2 Å². The number of hydrogen-bond acceptors (Lipinski definition) is 4. The maximum Gasteiger partial charge on any atom is 0.245 e. The van der Waals surface area contributed by atoms with Crippen molar-refractivity contribution in [2.75, 3.05) is 32.5 Å². The van der Waals surface area contributed by atoms with E-state index in [1.807, 2.05) is 0 Å². The lowest BCUT2D eigenvalue weighted by Crippen LogP contribution is -2.35. The summed E-state index contributed by atoms with van der Waals surface area (Å²) in [6.07, 6.45) is 1.84. The minimum atomic E-state index is -3.87. The fraction of sp³-hybridized carbons (Fsp3) is 0.538. The van der Waals surface area contributed by atoms with Gasteiger partial charge in [-0.15, -0.1) is 0 Å². The standard InChI is InChI=1S/C13H19FN2O3S/c1-16(8-10-3-2-6-19-9-10)20(17,18)13-7-11(15)4-5-12(13)14/h4-5,7,10H,2-3,6,8-9,15H2,1H3. The van der Waals surface area contributed by atoms with Gasteiger partial charge < -0.3 is 10.5 Å². The monoisotopic (exact) mass is 302 g/mol. The van der Waals surface area contributed by atoms with E-state index < -0.39 is 15.8 Å². The van der Waals surface area contributed by atoms with Gasteiger partial charge in [-0.2, -0.15) is 0 Å². The van der Waals surface area contributed by atoms with Crippen molar-refractivity contribution in [3.63, 3.8) is 0 Å². The molecule has 2 rings (SSSR count). The molecule has 1 atom stereocenters. The van der Waals surface area contributed by atoms with Gasteiger partial charge in [0.25, 0.3) is 0 Å². The van der Waals surface area contributed by atoms with Crippen LogP contribution >= 0.6 is 0 Å². The van der Waals surface area contributed by atoms with Gasteiger partial charge in [0.1, 0.15) is 10.7 Å². The highest BCUT2D eigenvalue weighted by molar-refractivity contribution is 7.89. The van der Waals surface area contributed by atoms with Gasteiger partial charge in [-0.3, -0.25) is 0 Å². The molecule has 0 bridgehead atoms. The average Bonchev–Trinajstić information content (AvgIpc) is 2.42. The third kappa shape index (κ3) is 3.28. The number of sulfonamides is 1. The van der Waals surface area contributed by atoms with Gasteiger partial charge in [0.15, 0.2) is 0 Å². The minimum absolute atomic E-state index is 0.146. The first-order valence-electron chi connectivity index (χ1n) is 6.50. The Morgan fingerprint density at radius 3 is 2.90 bits per heavy atom. The zero-order valence-electron chi connectivity index (χ0n) is 11.4. The largest absolute Gasteiger partial charge is 0.399 e. The van der Waals surface area contributed by atoms with Crippen LogP contribution in [0.25, 0.3) is 0 Å². The molecule has 1 heterocycles. The van der Waals surface area contributed by atoms with Crippen LogP contribution in [0.15, 0.2) is 23.1 Å². The Labute approximate surface area is 118 Å². The summed E-state index contributed by atoms with van der Waals surface area (Å²) in [7, 11) is -2.42. The van der Waals surface area contributed by atoms with Crippen molar-refractivity contribution < 1.29 is 17.5 Å². The molecule has 0 saturated carbocycles. The summed E-state index contributed by atoms with van der Waals surface area (Å²) in [6, 6.07) is 3.56. The molecule has 2 N–H and O–H groups in total. The molecule has 1 aliphatic rings. The minimum Gasteiger partial charge on any atom is -0.399 e. The van der Waals surface area contributed by atoms with E-state index in [2.05, 4.69) is 0 Å². The molecule has 1 aromatic rings. The smallest absolute Gasteiger partial charge is 0.245 e. The molecule has 112 valence electrons. The summed E-state index contributed by atoms with van der Waals surface area (Å²) in [4.78, 5) is -0.378. The van der Waals surface area contributed by atoms with Gasteiger partial charge in [0, 0.05) is 25.9 Å². The molecule has 5 nitrogen and oxygen atoms in total. The molecule has 1 aliphatic heterocycles. The first-order chi connectivity index (χ1) is 9.41. The zero-order chi connectivity index (χ0) is 14.8. The quantitative estimate of drug-likeness (QED) is 0.855. The highest BCUT2D eigenvalue weighted by Gasteiger charge is 2.27. The Kier molecular flexibility index (Phi) is 4.62. The van der Waals surface area contributed by atoms with E-state index in [-0.39, 0.29) is 16.5 Å². The maximum absolute atomic E-state index is 13.7. The predicted octanol–water partition coefficient (Wildman–Crippen LogP) is 1.45. The van der Waals surface area contributed by atoms with Crippen LogP contribution in [-0.2, 0) is 14.8 Å². The zero-order valence-corrected chi connectivity index (χ0v) is 12.2. The Morgan fingerprint density at radius 1 is 1.50 bits per heavy atom. The molecule has 0 aliphatic carbocycles. The van der Waals surface area contributed by atoms with Crippen LogP contribution in [0.1, 0.15) is 12.8 Å². The number of benzene rings is 1. The Hall–Kier alpha value is -1.18. The molecule has 7 heteroatoms. The van der Waals surface area contributed by atoms with Crippen LogP contribution in [0.3, 0.4) is 0 Å². The maximum atomic E-state index is 13.7. The van der Waals surface area contributed by atoms with Gasteiger partial charge in [0.2, 0.25) is 10.0 Å². The van der Waals surface area contributed by atoms with Gasteiger partial charge in [-0.1, -0.05) is 0 Å². The van der Waals surface area contributed by atoms with Crippen LogP contribution in [-0.4, -0.2) is 39.5 Å². The van der Waals surface area contributed by atoms with Crippen molar-refractivity contribution in [3.05, 3.63) is 24.0 Å². The third-order valence-electron chi connectivity index (χ3n) is 3.41. The van der Waals surface area contributed by atoms with E-state index in [1.54, 1.807) is 0 Å².